The molecule has 2 aliphatic rings. The van der Waals surface area contributed by atoms with E-state index in [1.165, 1.54) is 4.90 Å². The first kappa shape index (κ1) is 11.7. The Kier molecular flexibility index (Phi) is 3.08. The molecular formula is C11H20N2O3. The Hall–Kier alpha value is -0.810. The zero-order chi connectivity index (χ0) is 11.8. The molecule has 0 aromatic carbocycles. The van der Waals surface area contributed by atoms with Gasteiger partial charge in [0.05, 0.1) is 6.10 Å². The van der Waals surface area contributed by atoms with Gasteiger partial charge < -0.3 is 15.1 Å². The average molecular weight is 228 g/mol. The third-order valence-corrected chi connectivity index (χ3v) is 3.95. The first-order chi connectivity index (χ1) is 7.51. The van der Waals surface area contributed by atoms with Crippen LogP contribution in [0.1, 0.15) is 26.2 Å². The van der Waals surface area contributed by atoms with Gasteiger partial charge in [-0.05, 0) is 26.2 Å². The molecule has 2 heterocycles. The fourth-order valence-corrected chi connectivity index (χ4v) is 2.77. The molecule has 0 aliphatic carbocycles. The maximum absolute atomic E-state index is 10.9. The summed E-state index contributed by atoms with van der Waals surface area (Å²) in [5.41, 5.74) is -0.0292. The van der Waals surface area contributed by atoms with Crippen molar-refractivity contribution in [1.29, 1.82) is 0 Å². The first-order valence-corrected chi connectivity index (χ1v) is 5.92. The third-order valence-electron chi connectivity index (χ3n) is 3.95. The van der Waals surface area contributed by atoms with E-state index in [0.29, 0.717) is 13.1 Å². The van der Waals surface area contributed by atoms with Gasteiger partial charge in [-0.25, -0.2) is 4.79 Å². The van der Waals surface area contributed by atoms with E-state index in [1.807, 2.05) is 0 Å². The molecule has 0 bridgehead atoms. The van der Waals surface area contributed by atoms with Crippen LogP contribution in [0.4, 0.5) is 4.79 Å². The van der Waals surface area contributed by atoms with Crippen LogP contribution in [-0.2, 0) is 0 Å². The molecule has 0 aromatic heterocycles. The fourth-order valence-electron chi connectivity index (χ4n) is 2.77. The van der Waals surface area contributed by atoms with Crippen molar-refractivity contribution in [1.82, 2.24) is 9.80 Å². The molecule has 2 rings (SSSR count). The van der Waals surface area contributed by atoms with E-state index in [2.05, 4.69) is 11.8 Å². The summed E-state index contributed by atoms with van der Waals surface area (Å²) >= 11 is 0. The van der Waals surface area contributed by atoms with Crippen LogP contribution in [0.3, 0.4) is 0 Å². The van der Waals surface area contributed by atoms with Gasteiger partial charge in [-0.15, -0.1) is 0 Å². The quantitative estimate of drug-likeness (QED) is 0.689. The molecule has 1 amide bonds. The van der Waals surface area contributed by atoms with E-state index in [1.54, 1.807) is 0 Å². The van der Waals surface area contributed by atoms with Gasteiger partial charge in [0.1, 0.15) is 0 Å². The van der Waals surface area contributed by atoms with E-state index in [4.69, 9.17) is 5.11 Å². The maximum atomic E-state index is 10.9. The van der Waals surface area contributed by atoms with Gasteiger partial charge in [0.2, 0.25) is 0 Å². The number of carbonyl (C=O) groups is 1. The Morgan fingerprint density at radius 2 is 1.94 bits per heavy atom. The number of amides is 1. The summed E-state index contributed by atoms with van der Waals surface area (Å²) in [6, 6.07) is 0. The van der Waals surface area contributed by atoms with Crippen LogP contribution in [0.15, 0.2) is 0 Å². The van der Waals surface area contributed by atoms with E-state index in [-0.39, 0.29) is 11.6 Å². The standard InChI is InChI=1S/C11H20N2O3/c1-11(4-7-12(8-11)10(15)16)13-5-2-9(14)3-6-13/h9,14H,2-8H2,1H3,(H,15,16). The van der Waals surface area contributed by atoms with Crippen molar-refractivity contribution in [2.24, 2.45) is 0 Å². The summed E-state index contributed by atoms with van der Waals surface area (Å²) in [7, 11) is 0. The highest BCUT2D eigenvalue weighted by molar-refractivity contribution is 5.65. The van der Waals surface area contributed by atoms with E-state index in [0.717, 1.165) is 32.4 Å². The maximum Gasteiger partial charge on any atom is 0.407 e. The summed E-state index contributed by atoms with van der Waals surface area (Å²) in [5.74, 6) is 0. The van der Waals surface area contributed by atoms with Gasteiger partial charge in [-0.2, -0.15) is 0 Å². The van der Waals surface area contributed by atoms with Crippen molar-refractivity contribution in [3.05, 3.63) is 0 Å². The minimum Gasteiger partial charge on any atom is -0.465 e. The molecule has 0 radical (unpaired) electrons. The number of aliphatic hydroxyl groups excluding tert-OH is 1. The van der Waals surface area contributed by atoms with Crippen LogP contribution < -0.4 is 0 Å². The zero-order valence-electron chi connectivity index (χ0n) is 9.72. The highest BCUT2D eigenvalue weighted by Crippen LogP contribution is 2.30. The molecule has 0 spiro atoms. The normalized spacial score (nSPS) is 33.2. The Morgan fingerprint density at radius 1 is 1.31 bits per heavy atom. The number of rotatable bonds is 1. The number of hydrogen-bond acceptors (Lipinski definition) is 3. The molecule has 0 saturated carbocycles. The minimum atomic E-state index is -0.819. The molecule has 2 aliphatic heterocycles. The van der Waals surface area contributed by atoms with E-state index >= 15 is 0 Å². The third kappa shape index (κ3) is 2.15. The van der Waals surface area contributed by atoms with Gasteiger partial charge in [-0.3, -0.25) is 4.90 Å². The molecule has 2 N–H and O–H groups in total. The highest BCUT2D eigenvalue weighted by atomic mass is 16.4. The van der Waals surface area contributed by atoms with E-state index in [9.17, 15) is 9.90 Å². The predicted molar refractivity (Wildman–Crippen MR) is 59.4 cm³/mol. The molecule has 92 valence electrons. The van der Waals surface area contributed by atoms with Gasteiger partial charge in [0, 0.05) is 31.7 Å². The number of likely N-dealkylation sites (tertiary alicyclic amines) is 2. The van der Waals surface area contributed by atoms with Crippen molar-refractivity contribution in [3.63, 3.8) is 0 Å². The molecule has 16 heavy (non-hydrogen) atoms. The summed E-state index contributed by atoms with van der Waals surface area (Å²) in [6.45, 7) is 5.12. The Bertz CT molecular complexity index is 276. The number of aliphatic hydroxyl groups is 1. The topological polar surface area (TPSA) is 64.0 Å². The number of carboxylic acid groups (broad SMARTS) is 1. The lowest BCUT2D eigenvalue weighted by Crippen LogP contribution is -2.52. The first-order valence-electron chi connectivity index (χ1n) is 5.92. The lowest BCUT2D eigenvalue weighted by Gasteiger charge is -2.41. The number of nitrogens with zero attached hydrogens (tertiary/aromatic N) is 2. The number of piperidine rings is 1. The summed E-state index contributed by atoms with van der Waals surface area (Å²) < 4.78 is 0. The van der Waals surface area contributed by atoms with E-state index < -0.39 is 6.09 Å². The Labute approximate surface area is 95.6 Å². The molecule has 1 atom stereocenters. The summed E-state index contributed by atoms with van der Waals surface area (Å²) in [5, 5.41) is 18.4. The monoisotopic (exact) mass is 228 g/mol. The Balaban J connectivity index is 1.96. The summed E-state index contributed by atoms with van der Waals surface area (Å²) in [6.07, 6.45) is 1.53. The average Bonchev–Trinajstić information content (AvgIpc) is 2.63. The van der Waals surface area contributed by atoms with Gasteiger partial charge in [0.15, 0.2) is 0 Å². The van der Waals surface area contributed by atoms with Crippen LogP contribution >= 0.6 is 0 Å². The molecule has 5 heteroatoms. The second kappa shape index (κ2) is 4.22. The highest BCUT2D eigenvalue weighted by Gasteiger charge is 2.41. The summed E-state index contributed by atoms with van der Waals surface area (Å²) in [4.78, 5) is 14.7. The van der Waals surface area contributed by atoms with Gasteiger partial charge in [0.25, 0.3) is 0 Å². The van der Waals surface area contributed by atoms with Crippen molar-refractivity contribution >= 4 is 6.09 Å². The lowest BCUT2D eigenvalue weighted by atomic mass is 9.95. The smallest absolute Gasteiger partial charge is 0.407 e. The van der Waals surface area contributed by atoms with Crippen LogP contribution in [0.2, 0.25) is 0 Å². The molecular weight excluding hydrogens is 208 g/mol. The van der Waals surface area contributed by atoms with Crippen LogP contribution in [0, 0.1) is 0 Å². The van der Waals surface area contributed by atoms with Crippen LogP contribution in [0.5, 0.6) is 0 Å². The molecule has 5 nitrogen and oxygen atoms in total. The minimum absolute atomic E-state index is 0.0292. The van der Waals surface area contributed by atoms with Crippen LogP contribution in [0.25, 0.3) is 0 Å². The Morgan fingerprint density at radius 3 is 2.44 bits per heavy atom. The molecule has 2 saturated heterocycles. The van der Waals surface area contributed by atoms with Gasteiger partial charge >= 0.3 is 6.09 Å². The molecule has 2 fully saturated rings. The predicted octanol–water partition coefficient (Wildman–Crippen LogP) is 0.586. The second-order valence-corrected chi connectivity index (χ2v) is 5.17. The van der Waals surface area contributed by atoms with Crippen molar-refractivity contribution < 1.29 is 15.0 Å². The van der Waals surface area contributed by atoms with Crippen molar-refractivity contribution in [2.75, 3.05) is 26.2 Å². The molecule has 1 unspecified atom stereocenters. The lowest BCUT2D eigenvalue weighted by molar-refractivity contribution is 0.0265. The fraction of sp³-hybridized carbons (Fsp3) is 0.909. The number of hydrogen-bond donors (Lipinski definition) is 2. The van der Waals surface area contributed by atoms with Gasteiger partial charge in [-0.1, -0.05) is 0 Å². The second-order valence-electron chi connectivity index (χ2n) is 5.17. The van der Waals surface area contributed by atoms with Crippen molar-refractivity contribution in [2.45, 2.75) is 37.8 Å². The van der Waals surface area contributed by atoms with Crippen LogP contribution in [-0.4, -0.2) is 63.9 Å². The zero-order valence-corrected chi connectivity index (χ0v) is 9.72. The largest absolute Gasteiger partial charge is 0.465 e. The molecule has 0 aromatic rings. The van der Waals surface area contributed by atoms with Crippen molar-refractivity contribution in [3.8, 4) is 0 Å². The SMILES string of the molecule is CC1(N2CCC(O)CC2)CCN(C(=O)O)C1.